The Morgan fingerprint density at radius 3 is 2.70 bits per heavy atom. The minimum absolute atomic E-state index is 0.250. The minimum Gasteiger partial charge on any atom is -0.465 e. The molecule has 5 heteroatoms. The van der Waals surface area contributed by atoms with Crippen LogP contribution in [0.5, 0.6) is 0 Å². The zero-order chi connectivity index (χ0) is 14.4. The molecule has 1 aromatic carbocycles. The SMILES string of the molecule is COC(=O)c1cccc(C(=O)NCc2cccnc2)c1. The third-order valence-electron chi connectivity index (χ3n) is 2.72. The summed E-state index contributed by atoms with van der Waals surface area (Å²) in [5.41, 5.74) is 1.67. The Morgan fingerprint density at radius 1 is 1.20 bits per heavy atom. The van der Waals surface area contributed by atoms with E-state index in [1.807, 2.05) is 6.07 Å². The summed E-state index contributed by atoms with van der Waals surface area (Å²) in [4.78, 5) is 27.4. The highest BCUT2D eigenvalue weighted by atomic mass is 16.5. The number of carbonyl (C=O) groups excluding carboxylic acids is 2. The predicted octanol–water partition coefficient (Wildman–Crippen LogP) is 1.80. The van der Waals surface area contributed by atoms with Crippen molar-refractivity contribution in [1.29, 1.82) is 0 Å². The number of methoxy groups -OCH3 is 1. The molecule has 102 valence electrons. The molecule has 20 heavy (non-hydrogen) atoms. The number of hydrogen-bond acceptors (Lipinski definition) is 4. The fourth-order valence-electron chi connectivity index (χ4n) is 1.69. The molecule has 2 rings (SSSR count). The third-order valence-corrected chi connectivity index (χ3v) is 2.72. The van der Waals surface area contributed by atoms with E-state index in [0.29, 0.717) is 17.7 Å². The third kappa shape index (κ3) is 3.41. The number of nitrogens with one attached hydrogen (secondary N) is 1. The zero-order valence-electron chi connectivity index (χ0n) is 11.0. The molecule has 1 N–H and O–H groups in total. The van der Waals surface area contributed by atoms with Gasteiger partial charge in [-0.2, -0.15) is 0 Å². The first-order valence-electron chi connectivity index (χ1n) is 6.06. The summed E-state index contributed by atoms with van der Waals surface area (Å²) in [6.45, 7) is 0.384. The standard InChI is InChI=1S/C15H14N2O3/c1-20-15(19)13-6-2-5-12(8-13)14(18)17-10-11-4-3-7-16-9-11/h2-9H,10H2,1H3,(H,17,18). The number of ether oxygens (including phenoxy) is 1. The lowest BCUT2D eigenvalue weighted by Crippen LogP contribution is -2.23. The van der Waals surface area contributed by atoms with Gasteiger partial charge in [-0.3, -0.25) is 9.78 Å². The summed E-state index contributed by atoms with van der Waals surface area (Å²) >= 11 is 0. The monoisotopic (exact) mass is 270 g/mol. The van der Waals surface area contributed by atoms with Gasteiger partial charge in [0.05, 0.1) is 12.7 Å². The first kappa shape index (κ1) is 13.7. The number of amides is 1. The molecule has 0 aliphatic heterocycles. The van der Waals surface area contributed by atoms with Gasteiger partial charge in [0.25, 0.3) is 5.91 Å². The molecule has 5 nitrogen and oxygen atoms in total. The summed E-state index contributed by atoms with van der Waals surface area (Å²) in [5, 5.41) is 2.77. The highest BCUT2D eigenvalue weighted by Crippen LogP contribution is 2.07. The quantitative estimate of drug-likeness (QED) is 0.860. The van der Waals surface area contributed by atoms with Crippen molar-refractivity contribution in [1.82, 2.24) is 10.3 Å². The van der Waals surface area contributed by atoms with Crippen molar-refractivity contribution in [2.75, 3.05) is 7.11 Å². The summed E-state index contributed by atoms with van der Waals surface area (Å²) in [6.07, 6.45) is 3.36. The van der Waals surface area contributed by atoms with Gasteiger partial charge in [0.2, 0.25) is 0 Å². The maximum Gasteiger partial charge on any atom is 0.337 e. The van der Waals surface area contributed by atoms with Crippen LogP contribution in [0.2, 0.25) is 0 Å². The summed E-state index contributed by atoms with van der Waals surface area (Å²) in [6, 6.07) is 10.1. The van der Waals surface area contributed by atoms with E-state index in [4.69, 9.17) is 0 Å². The number of esters is 1. The highest BCUT2D eigenvalue weighted by molar-refractivity contribution is 5.97. The molecule has 0 bridgehead atoms. The average Bonchev–Trinajstić information content (AvgIpc) is 2.53. The van der Waals surface area contributed by atoms with Crippen molar-refractivity contribution in [2.24, 2.45) is 0 Å². The van der Waals surface area contributed by atoms with E-state index in [2.05, 4.69) is 15.0 Å². The van der Waals surface area contributed by atoms with E-state index in [1.54, 1.807) is 36.7 Å². The number of aromatic nitrogens is 1. The Kier molecular flexibility index (Phi) is 4.44. The van der Waals surface area contributed by atoms with Crippen LogP contribution in [0.3, 0.4) is 0 Å². The maximum atomic E-state index is 12.0. The van der Waals surface area contributed by atoms with E-state index in [1.165, 1.54) is 13.2 Å². The largest absolute Gasteiger partial charge is 0.465 e. The lowest BCUT2D eigenvalue weighted by molar-refractivity contribution is 0.0600. The highest BCUT2D eigenvalue weighted by Gasteiger charge is 2.10. The van der Waals surface area contributed by atoms with Gasteiger partial charge in [-0.25, -0.2) is 4.79 Å². The Labute approximate surface area is 116 Å². The van der Waals surface area contributed by atoms with Gasteiger partial charge in [-0.1, -0.05) is 12.1 Å². The second-order valence-corrected chi connectivity index (χ2v) is 4.12. The molecule has 1 amide bonds. The van der Waals surface area contributed by atoms with Crippen molar-refractivity contribution in [3.63, 3.8) is 0 Å². The zero-order valence-corrected chi connectivity index (χ0v) is 11.0. The van der Waals surface area contributed by atoms with Crippen LogP contribution in [0.25, 0.3) is 0 Å². The number of nitrogens with zero attached hydrogens (tertiary/aromatic N) is 1. The smallest absolute Gasteiger partial charge is 0.337 e. The molecule has 2 aromatic rings. The van der Waals surface area contributed by atoms with Crippen LogP contribution in [0, 0.1) is 0 Å². The van der Waals surface area contributed by atoms with Crippen LogP contribution in [0.15, 0.2) is 48.8 Å². The van der Waals surface area contributed by atoms with Gasteiger partial charge < -0.3 is 10.1 Å². The predicted molar refractivity (Wildman–Crippen MR) is 73.2 cm³/mol. The second-order valence-electron chi connectivity index (χ2n) is 4.12. The van der Waals surface area contributed by atoms with Crippen LogP contribution in [-0.4, -0.2) is 24.0 Å². The van der Waals surface area contributed by atoms with Crippen LogP contribution >= 0.6 is 0 Å². The van der Waals surface area contributed by atoms with E-state index in [9.17, 15) is 9.59 Å². The van der Waals surface area contributed by atoms with E-state index in [-0.39, 0.29) is 5.91 Å². The molecule has 1 heterocycles. The Morgan fingerprint density at radius 2 is 2.00 bits per heavy atom. The summed E-state index contributed by atoms with van der Waals surface area (Å²) < 4.78 is 4.62. The molecule has 1 aromatic heterocycles. The number of hydrogen-bond donors (Lipinski definition) is 1. The topological polar surface area (TPSA) is 68.3 Å². The average molecular weight is 270 g/mol. The van der Waals surface area contributed by atoms with E-state index < -0.39 is 5.97 Å². The molecule has 0 aliphatic rings. The van der Waals surface area contributed by atoms with E-state index >= 15 is 0 Å². The Hall–Kier alpha value is -2.69. The second kappa shape index (κ2) is 6.47. The molecule has 0 saturated heterocycles. The molecule has 0 radical (unpaired) electrons. The Bertz CT molecular complexity index is 612. The van der Waals surface area contributed by atoms with Crippen molar-refractivity contribution >= 4 is 11.9 Å². The van der Waals surface area contributed by atoms with Crippen molar-refractivity contribution in [2.45, 2.75) is 6.54 Å². The minimum atomic E-state index is -0.466. The van der Waals surface area contributed by atoms with Crippen LogP contribution in [-0.2, 0) is 11.3 Å². The molecule has 0 fully saturated rings. The molecule has 0 aliphatic carbocycles. The molecule has 0 unspecified atom stereocenters. The molecular formula is C15H14N2O3. The van der Waals surface area contributed by atoms with Crippen LogP contribution in [0.4, 0.5) is 0 Å². The number of benzene rings is 1. The van der Waals surface area contributed by atoms with Gasteiger partial charge in [0.15, 0.2) is 0 Å². The van der Waals surface area contributed by atoms with E-state index in [0.717, 1.165) is 5.56 Å². The van der Waals surface area contributed by atoms with Crippen LogP contribution in [0.1, 0.15) is 26.3 Å². The normalized spacial score (nSPS) is 9.85. The fourth-order valence-corrected chi connectivity index (χ4v) is 1.69. The Balaban J connectivity index is 2.04. The molecule has 0 spiro atoms. The van der Waals surface area contributed by atoms with Gasteiger partial charge in [0.1, 0.15) is 0 Å². The van der Waals surface area contributed by atoms with Crippen LogP contribution < -0.4 is 5.32 Å². The van der Waals surface area contributed by atoms with Crippen molar-refractivity contribution < 1.29 is 14.3 Å². The van der Waals surface area contributed by atoms with Crippen molar-refractivity contribution in [3.8, 4) is 0 Å². The maximum absolute atomic E-state index is 12.0. The van der Waals surface area contributed by atoms with Gasteiger partial charge in [0, 0.05) is 24.5 Å². The summed E-state index contributed by atoms with van der Waals surface area (Å²) in [7, 11) is 1.30. The van der Waals surface area contributed by atoms with Gasteiger partial charge in [-0.05, 0) is 29.8 Å². The molecular weight excluding hydrogens is 256 g/mol. The lowest BCUT2D eigenvalue weighted by Gasteiger charge is -2.06. The molecule has 0 atom stereocenters. The number of carbonyl (C=O) groups is 2. The van der Waals surface area contributed by atoms with Gasteiger partial charge in [-0.15, -0.1) is 0 Å². The number of rotatable bonds is 4. The van der Waals surface area contributed by atoms with Gasteiger partial charge >= 0.3 is 5.97 Å². The fraction of sp³-hybridized carbons (Fsp3) is 0.133. The molecule has 0 saturated carbocycles. The first-order chi connectivity index (χ1) is 9.70. The number of pyridine rings is 1. The lowest BCUT2D eigenvalue weighted by atomic mass is 10.1. The van der Waals surface area contributed by atoms with Crippen molar-refractivity contribution in [3.05, 3.63) is 65.5 Å². The first-order valence-corrected chi connectivity index (χ1v) is 6.06. The summed E-state index contributed by atoms with van der Waals surface area (Å²) in [5.74, 6) is -0.716.